The largest absolute Gasteiger partial charge is 0.420 e. The van der Waals surface area contributed by atoms with Crippen LogP contribution in [-0.4, -0.2) is 11.9 Å². The molecule has 0 heterocycles. The van der Waals surface area contributed by atoms with Crippen molar-refractivity contribution in [1.29, 1.82) is 0 Å². The molecule has 0 radical (unpaired) electrons. The minimum atomic E-state index is -0.664. The number of esters is 1. The molecule has 30 heavy (non-hydrogen) atoms. The van der Waals surface area contributed by atoms with Gasteiger partial charge in [-0.2, -0.15) is 0 Å². The monoisotopic (exact) mass is 609 g/mol. The van der Waals surface area contributed by atoms with Crippen molar-refractivity contribution in [3.63, 3.8) is 0 Å². The predicted molar refractivity (Wildman–Crippen MR) is 128 cm³/mol. The highest BCUT2D eigenvalue weighted by atomic mass is 79.9. The smallest absolute Gasteiger partial charge is 0.345 e. The van der Waals surface area contributed by atoms with Crippen LogP contribution in [0.15, 0.2) is 57.5 Å². The standard InChI is InChI=1S/C20H9Br2Cl4NO3/c21-14-7-11(27-19(28)12-3-1-9(23)5-16(12)25)8-15(22)18(14)30-20(29)13-4-2-10(24)6-17(13)26/h1-8H,(H,27,28). The maximum Gasteiger partial charge on any atom is 0.345 e. The van der Waals surface area contributed by atoms with Crippen molar-refractivity contribution in [3.05, 3.63) is 88.7 Å². The van der Waals surface area contributed by atoms with Gasteiger partial charge < -0.3 is 10.1 Å². The Bertz CT molecular complexity index is 1150. The van der Waals surface area contributed by atoms with Crippen molar-refractivity contribution < 1.29 is 14.3 Å². The SMILES string of the molecule is O=C(Nc1cc(Br)c(OC(=O)c2ccc(Cl)cc2Cl)c(Br)c1)c1ccc(Cl)cc1Cl. The molecular weight excluding hydrogens is 604 g/mol. The van der Waals surface area contributed by atoms with Crippen LogP contribution in [0.5, 0.6) is 5.75 Å². The summed E-state index contributed by atoms with van der Waals surface area (Å²) in [4.78, 5) is 25.0. The van der Waals surface area contributed by atoms with Crippen molar-refractivity contribution >= 4 is 95.8 Å². The molecule has 4 nitrogen and oxygen atoms in total. The number of anilines is 1. The van der Waals surface area contributed by atoms with Gasteiger partial charge in [-0.1, -0.05) is 46.4 Å². The zero-order valence-electron chi connectivity index (χ0n) is 14.6. The number of hydrogen-bond donors (Lipinski definition) is 1. The molecule has 0 unspecified atom stereocenters. The molecule has 1 N–H and O–H groups in total. The van der Waals surface area contributed by atoms with Gasteiger partial charge in [0, 0.05) is 15.7 Å². The molecule has 0 bridgehead atoms. The molecule has 0 saturated heterocycles. The molecule has 0 aliphatic rings. The number of halogens is 6. The molecule has 154 valence electrons. The zero-order chi connectivity index (χ0) is 22.0. The Kier molecular flexibility index (Phi) is 7.71. The summed E-state index contributed by atoms with van der Waals surface area (Å²) < 4.78 is 6.30. The van der Waals surface area contributed by atoms with Crippen molar-refractivity contribution in [2.75, 3.05) is 5.32 Å². The lowest BCUT2D eigenvalue weighted by atomic mass is 10.2. The van der Waals surface area contributed by atoms with Crippen LogP contribution in [0.3, 0.4) is 0 Å². The summed E-state index contributed by atoms with van der Waals surface area (Å²) in [6, 6.07) is 12.2. The molecule has 3 aromatic rings. The van der Waals surface area contributed by atoms with Crippen LogP contribution in [0.25, 0.3) is 0 Å². The number of nitrogens with one attached hydrogen (secondary N) is 1. The van der Waals surface area contributed by atoms with E-state index >= 15 is 0 Å². The molecule has 1 amide bonds. The van der Waals surface area contributed by atoms with E-state index in [0.29, 0.717) is 24.7 Å². The average molecular weight is 613 g/mol. The second-order valence-corrected chi connectivity index (χ2v) is 9.26. The number of carbonyl (C=O) groups is 2. The summed E-state index contributed by atoms with van der Waals surface area (Å²) in [7, 11) is 0. The Morgan fingerprint density at radius 3 is 1.77 bits per heavy atom. The minimum Gasteiger partial charge on any atom is -0.420 e. The summed E-state index contributed by atoms with van der Waals surface area (Å²) >= 11 is 30.5. The molecule has 0 aromatic heterocycles. The van der Waals surface area contributed by atoms with E-state index < -0.39 is 11.9 Å². The van der Waals surface area contributed by atoms with Gasteiger partial charge in [0.2, 0.25) is 0 Å². The molecule has 0 saturated carbocycles. The Morgan fingerprint density at radius 1 is 0.767 bits per heavy atom. The Morgan fingerprint density at radius 2 is 1.27 bits per heavy atom. The van der Waals surface area contributed by atoms with Crippen LogP contribution >= 0.6 is 78.3 Å². The number of benzene rings is 3. The van der Waals surface area contributed by atoms with Gasteiger partial charge in [0.25, 0.3) is 5.91 Å². The number of amides is 1. The van der Waals surface area contributed by atoms with Gasteiger partial charge in [-0.3, -0.25) is 4.79 Å². The first-order valence-corrected chi connectivity index (χ1v) is 11.2. The maximum absolute atomic E-state index is 12.5. The molecule has 10 heteroatoms. The van der Waals surface area contributed by atoms with Gasteiger partial charge in [0.05, 0.1) is 30.1 Å². The maximum atomic E-state index is 12.5. The first kappa shape index (κ1) is 23.4. The second kappa shape index (κ2) is 9.90. The van der Waals surface area contributed by atoms with Crippen LogP contribution in [-0.2, 0) is 0 Å². The van der Waals surface area contributed by atoms with E-state index in [1.54, 1.807) is 18.2 Å². The molecular formula is C20H9Br2Cl4NO3. The van der Waals surface area contributed by atoms with E-state index in [-0.39, 0.29) is 26.9 Å². The third kappa shape index (κ3) is 5.49. The zero-order valence-corrected chi connectivity index (χ0v) is 20.8. The van der Waals surface area contributed by atoms with Crippen LogP contribution in [0.2, 0.25) is 20.1 Å². The highest BCUT2D eigenvalue weighted by Gasteiger charge is 2.19. The Hall–Kier alpha value is -1.28. The molecule has 0 atom stereocenters. The minimum absolute atomic E-state index is 0.162. The predicted octanol–water partition coefficient (Wildman–Crippen LogP) is 8.30. The number of ether oxygens (including phenoxy) is 1. The number of rotatable bonds is 4. The number of hydrogen-bond acceptors (Lipinski definition) is 3. The number of carbonyl (C=O) groups excluding carboxylic acids is 2. The fraction of sp³-hybridized carbons (Fsp3) is 0. The van der Waals surface area contributed by atoms with E-state index in [4.69, 9.17) is 51.1 Å². The molecule has 3 rings (SSSR count). The first-order valence-electron chi connectivity index (χ1n) is 8.08. The molecule has 0 spiro atoms. The van der Waals surface area contributed by atoms with Gasteiger partial charge in [-0.25, -0.2) is 4.79 Å². The van der Waals surface area contributed by atoms with Crippen LogP contribution < -0.4 is 10.1 Å². The van der Waals surface area contributed by atoms with E-state index in [9.17, 15) is 9.59 Å². The Labute approximate surface area is 208 Å². The summed E-state index contributed by atoms with van der Waals surface area (Å²) in [5, 5.41) is 3.95. The fourth-order valence-electron chi connectivity index (χ4n) is 2.40. The highest BCUT2D eigenvalue weighted by molar-refractivity contribution is 9.11. The molecule has 0 aliphatic carbocycles. The third-order valence-corrected chi connectivity index (χ3v) is 6.05. The van der Waals surface area contributed by atoms with Crippen LogP contribution in [0, 0.1) is 0 Å². The van der Waals surface area contributed by atoms with Gasteiger partial charge >= 0.3 is 5.97 Å². The molecule has 0 fully saturated rings. The second-order valence-electron chi connectivity index (χ2n) is 5.86. The average Bonchev–Trinajstić information content (AvgIpc) is 2.64. The van der Waals surface area contributed by atoms with E-state index in [1.165, 1.54) is 30.3 Å². The van der Waals surface area contributed by atoms with Gasteiger partial charge in [0.1, 0.15) is 0 Å². The summed E-state index contributed by atoms with van der Waals surface area (Å²) in [5.41, 5.74) is 0.866. The topological polar surface area (TPSA) is 55.4 Å². The lowest BCUT2D eigenvalue weighted by Gasteiger charge is -2.13. The molecule has 0 aliphatic heterocycles. The van der Waals surface area contributed by atoms with E-state index in [0.717, 1.165) is 0 Å². The lowest BCUT2D eigenvalue weighted by Crippen LogP contribution is -2.13. The summed E-state index contributed by atoms with van der Waals surface area (Å²) in [6.07, 6.45) is 0. The molecule has 3 aromatic carbocycles. The van der Waals surface area contributed by atoms with Crippen molar-refractivity contribution in [1.82, 2.24) is 0 Å². The lowest BCUT2D eigenvalue weighted by molar-refractivity contribution is 0.0732. The van der Waals surface area contributed by atoms with E-state index in [2.05, 4.69) is 37.2 Å². The van der Waals surface area contributed by atoms with E-state index in [1.807, 2.05) is 0 Å². The van der Waals surface area contributed by atoms with Gasteiger partial charge in [0.15, 0.2) is 5.75 Å². The van der Waals surface area contributed by atoms with Crippen LogP contribution in [0.4, 0.5) is 5.69 Å². The van der Waals surface area contributed by atoms with Gasteiger partial charge in [-0.05, 0) is 80.4 Å². The third-order valence-electron chi connectivity index (χ3n) is 3.78. The summed E-state index contributed by atoms with van der Waals surface area (Å²) in [5.74, 6) is -0.871. The Balaban J connectivity index is 1.81. The van der Waals surface area contributed by atoms with Crippen LogP contribution in [0.1, 0.15) is 20.7 Å². The van der Waals surface area contributed by atoms with Gasteiger partial charge in [-0.15, -0.1) is 0 Å². The summed E-state index contributed by atoms with van der Waals surface area (Å²) in [6.45, 7) is 0. The highest BCUT2D eigenvalue weighted by Crippen LogP contribution is 2.37. The fourth-order valence-corrected chi connectivity index (χ4v) is 4.73. The van der Waals surface area contributed by atoms with Crippen molar-refractivity contribution in [3.8, 4) is 5.75 Å². The first-order chi connectivity index (χ1) is 14.2. The van der Waals surface area contributed by atoms with Crippen molar-refractivity contribution in [2.24, 2.45) is 0 Å². The normalized spacial score (nSPS) is 10.6. The quantitative estimate of drug-likeness (QED) is 0.238. The van der Waals surface area contributed by atoms with Crippen molar-refractivity contribution in [2.45, 2.75) is 0 Å².